The van der Waals surface area contributed by atoms with Crippen LogP contribution in [0.15, 0.2) is 36.7 Å². The Bertz CT molecular complexity index is 850. The lowest BCUT2D eigenvalue weighted by molar-refractivity contribution is -0.115. The molecule has 2 aromatic heterocycles. The number of amides is 1. The van der Waals surface area contributed by atoms with Gasteiger partial charge in [-0.05, 0) is 30.2 Å². The Morgan fingerprint density at radius 3 is 3.15 bits per heavy atom. The van der Waals surface area contributed by atoms with Gasteiger partial charge in [0.15, 0.2) is 5.65 Å². The number of fused-ring (bicyclic) bond motifs is 2. The molecule has 1 aliphatic heterocycles. The Morgan fingerprint density at radius 2 is 2.25 bits per heavy atom. The minimum absolute atomic E-state index is 0.0480. The second-order valence-electron chi connectivity index (χ2n) is 4.95. The summed E-state index contributed by atoms with van der Waals surface area (Å²) in [4.78, 5) is 15.8. The van der Waals surface area contributed by atoms with Crippen molar-refractivity contribution in [2.45, 2.75) is 13.3 Å². The van der Waals surface area contributed by atoms with E-state index >= 15 is 0 Å². The van der Waals surface area contributed by atoms with Gasteiger partial charge in [0.1, 0.15) is 0 Å². The molecule has 5 nitrogen and oxygen atoms in total. The van der Waals surface area contributed by atoms with E-state index in [9.17, 15) is 4.79 Å². The summed E-state index contributed by atoms with van der Waals surface area (Å²) in [5.41, 5.74) is 5.72. The second-order valence-corrected chi connectivity index (χ2v) is 4.95. The lowest BCUT2D eigenvalue weighted by atomic mass is 10.0. The lowest BCUT2D eigenvalue weighted by Gasteiger charge is -2.04. The topological polar surface area (TPSA) is 59.3 Å². The predicted molar refractivity (Wildman–Crippen MR) is 75.5 cm³/mol. The number of hydrogen-bond donors (Lipinski definition) is 1. The molecule has 0 spiro atoms. The average Bonchev–Trinajstić information content (AvgIpc) is 2.95. The summed E-state index contributed by atoms with van der Waals surface area (Å²) in [6, 6.07) is 7.87. The van der Waals surface area contributed by atoms with Crippen molar-refractivity contribution in [1.29, 1.82) is 0 Å². The third-order valence-electron chi connectivity index (χ3n) is 3.59. The van der Waals surface area contributed by atoms with Crippen molar-refractivity contribution < 1.29 is 4.79 Å². The van der Waals surface area contributed by atoms with Crippen LogP contribution in [0.2, 0.25) is 0 Å². The van der Waals surface area contributed by atoms with Gasteiger partial charge in [-0.2, -0.15) is 5.10 Å². The highest BCUT2D eigenvalue weighted by molar-refractivity contribution is 6.00. The summed E-state index contributed by atoms with van der Waals surface area (Å²) < 4.78 is 1.77. The molecule has 0 saturated carbocycles. The molecule has 5 heteroatoms. The van der Waals surface area contributed by atoms with Crippen LogP contribution < -0.4 is 5.32 Å². The van der Waals surface area contributed by atoms with E-state index in [2.05, 4.69) is 15.4 Å². The zero-order valence-corrected chi connectivity index (χ0v) is 10.9. The fourth-order valence-corrected chi connectivity index (χ4v) is 2.70. The van der Waals surface area contributed by atoms with Crippen molar-refractivity contribution in [1.82, 2.24) is 14.6 Å². The molecule has 3 heterocycles. The first kappa shape index (κ1) is 11.2. The minimum atomic E-state index is 0.0480. The molecule has 0 aliphatic carbocycles. The molecule has 3 aromatic rings. The number of aromatic nitrogens is 3. The number of benzene rings is 1. The van der Waals surface area contributed by atoms with Crippen LogP contribution in [0.25, 0.3) is 16.8 Å². The number of rotatable bonds is 1. The zero-order chi connectivity index (χ0) is 13.7. The van der Waals surface area contributed by atoms with E-state index in [-0.39, 0.29) is 5.91 Å². The molecule has 1 N–H and O–H groups in total. The monoisotopic (exact) mass is 264 g/mol. The highest BCUT2D eigenvalue weighted by Crippen LogP contribution is 2.32. The third-order valence-corrected chi connectivity index (χ3v) is 3.59. The van der Waals surface area contributed by atoms with Gasteiger partial charge in [-0.1, -0.05) is 12.1 Å². The molecule has 20 heavy (non-hydrogen) atoms. The smallest absolute Gasteiger partial charge is 0.228 e. The Hall–Kier alpha value is -2.69. The largest absolute Gasteiger partial charge is 0.326 e. The summed E-state index contributed by atoms with van der Waals surface area (Å²) in [7, 11) is 0. The first-order valence-corrected chi connectivity index (χ1v) is 6.45. The molecular formula is C15H12N4O. The summed E-state index contributed by atoms with van der Waals surface area (Å²) in [5, 5.41) is 7.35. The number of carbonyl (C=O) groups is 1. The first-order valence-electron chi connectivity index (χ1n) is 6.45. The molecule has 0 atom stereocenters. The lowest BCUT2D eigenvalue weighted by Crippen LogP contribution is -2.03. The first-order chi connectivity index (χ1) is 9.72. The number of nitrogens with one attached hydrogen (secondary N) is 1. The number of hydrogen-bond acceptors (Lipinski definition) is 3. The van der Waals surface area contributed by atoms with Gasteiger partial charge >= 0.3 is 0 Å². The summed E-state index contributed by atoms with van der Waals surface area (Å²) in [6.07, 6.45) is 4.10. The van der Waals surface area contributed by atoms with E-state index in [1.807, 2.05) is 37.4 Å². The van der Waals surface area contributed by atoms with E-state index in [0.29, 0.717) is 6.42 Å². The van der Waals surface area contributed by atoms with Gasteiger partial charge in [-0.25, -0.2) is 9.50 Å². The fourth-order valence-electron chi connectivity index (χ4n) is 2.70. The van der Waals surface area contributed by atoms with Crippen molar-refractivity contribution >= 4 is 17.2 Å². The van der Waals surface area contributed by atoms with Gasteiger partial charge in [0.25, 0.3) is 0 Å². The number of anilines is 1. The SMILES string of the molecule is Cc1nn2cccnc2c1-c1ccc2c(c1)NC(=O)C2. The summed E-state index contributed by atoms with van der Waals surface area (Å²) in [6.45, 7) is 1.97. The molecule has 1 aromatic carbocycles. The van der Waals surface area contributed by atoms with Crippen molar-refractivity contribution in [3.8, 4) is 11.1 Å². The second kappa shape index (κ2) is 3.90. The molecule has 0 saturated heterocycles. The number of aryl methyl sites for hydroxylation is 1. The van der Waals surface area contributed by atoms with E-state index in [0.717, 1.165) is 33.7 Å². The molecule has 0 fully saturated rings. The maximum atomic E-state index is 11.4. The van der Waals surface area contributed by atoms with Crippen LogP contribution in [-0.4, -0.2) is 20.5 Å². The molecular weight excluding hydrogens is 252 g/mol. The Balaban J connectivity index is 1.94. The third kappa shape index (κ3) is 1.53. The van der Waals surface area contributed by atoms with Gasteiger partial charge in [0, 0.05) is 23.6 Å². The molecule has 1 amide bonds. The highest BCUT2D eigenvalue weighted by atomic mass is 16.1. The maximum Gasteiger partial charge on any atom is 0.228 e. The van der Waals surface area contributed by atoms with Gasteiger partial charge < -0.3 is 5.32 Å². The van der Waals surface area contributed by atoms with Gasteiger partial charge in [-0.3, -0.25) is 4.79 Å². The molecule has 0 bridgehead atoms. The zero-order valence-electron chi connectivity index (χ0n) is 10.9. The van der Waals surface area contributed by atoms with Crippen molar-refractivity contribution in [3.05, 3.63) is 47.9 Å². The molecule has 1 aliphatic rings. The van der Waals surface area contributed by atoms with Crippen LogP contribution in [0, 0.1) is 6.92 Å². The minimum Gasteiger partial charge on any atom is -0.326 e. The Kier molecular flexibility index (Phi) is 2.18. The van der Waals surface area contributed by atoms with Crippen molar-refractivity contribution in [2.24, 2.45) is 0 Å². The van der Waals surface area contributed by atoms with Crippen LogP contribution in [0.4, 0.5) is 5.69 Å². The van der Waals surface area contributed by atoms with Crippen molar-refractivity contribution in [2.75, 3.05) is 5.32 Å². The maximum absolute atomic E-state index is 11.4. The normalized spacial score (nSPS) is 13.6. The number of carbonyl (C=O) groups excluding carboxylic acids is 1. The highest BCUT2D eigenvalue weighted by Gasteiger charge is 2.19. The van der Waals surface area contributed by atoms with E-state index in [1.165, 1.54) is 0 Å². The molecule has 0 radical (unpaired) electrons. The van der Waals surface area contributed by atoms with Crippen LogP contribution in [0.1, 0.15) is 11.3 Å². The predicted octanol–water partition coefficient (Wildman–Crippen LogP) is 2.20. The van der Waals surface area contributed by atoms with Crippen LogP contribution in [0.5, 0.6) is 0 Å². The quantitative estimate of drug-likeness (QED) is 0.733. The van der Waals surface area contributed by atoms with Gasteiger partial charge in [-0.15, -0.1) is 0 Å². The Morgan fingerprint density at radius 1 is 1.35 bits per heavy atom. The van der Waals surface area contributed by atoms with Crippen molar-refractivity contribution in [3.63, 3.8) is 0 Å². The van der Waals surface area contributed by atoms with Gasteiger partial charge in [0.2, 0.25) is 5.91 Å². The molecule has 4 rings (SSSR count). The van der Waals surface area contributed by atoms with Crippen LogP contribution >= 0.6 is 0 Å². The molecule has 0 unspecified atom stereocenters. The molecule has 98 valence electrons. The standard InChI is InChI=1S/C15H12N4O/c1-9-14(15-16-5-2-6-19(15)18-9)11-4-3-10-8-13(20)17-12(10)7-11/h2-7H,8H2,1H3,(H,17,20). The van der Waals surface area contributed by atoms with E-state index in [1.54, 1.807) is 10.7 Å². The van der Waals surface area contributed by atoms with Crippen LogP contribution in [-0.2, 0) is 11.2 Å². The number of nitrogens with zero attached hydrogens (tertiary/aromatic N) is 3. The summed E-state index contributed by atoms with van der Waals surface area (Å²) >= 11 is 0. The van der Waals surface area contributed by atoms with Gasteiger partial charge in [0.05, 0.1) is 12.1 Å². The Labute approximate surface area is 115 Å². The van der Waals surface area contributed by atoms with E-state index in [4.69, 9.17) is 0 Å². The summed E-state index contributed by atoms with van der Waals surface area (Å²) in [5.74, 6) is 0.0480. The van der Waals surface area contributed by atoms with Crippen LogP contribution in [0.3, 0.4) is 0 Å². The fraction of sp³-hybridized carbons (Fsp3) is 0.133. The van der Waals surface area contributed by atoms with E-state index < -0.39 is 0 Å². The average molecular weight is 264 g/mol.